The Kier molecular flexibility index (Phi) is 6.04. The van der Waals surface area contributed by atoms with Gasteiger partial charge in [0.15, 0.2) is 0 Å². The van der Waals surface area contributed by atoms with Gasteiger partial charge in [0, 0.05) is 17.2 Å². The first kappa shape index (κ1) is 16.3. The van der Waals surface area contributed by atoms with E-state index in [1.807, 2.05) is 36.4 Å². The van der Waals surface area contributed by atoms with Gasteiger partial charge in [-0.3, -0.25) is 0 Å². The summed E-state index contributed by atoms with van der Waals surface area (Å²) in [6, 6.07) is 16.2. The lowest BCUT2D eigenvalue weighted by Crippen LogP contribution is -2.36. The Morgan fingerprint density at radius 2 is 1.67 bits per heavy atom. The predicted octanol–water partition coefficient (Wildman–Crippen LogP) is 4.76. The van der Waals surface area contributed by atoms with Crippen molar-refractivity contribution in [1.82, 2.24) is 0 Å². The summed E-state index contributed by atoms with van der Waals surface area (Å²) in [4.78, 5) is 0. The lowest BCUT2D eigenvalue weighted by molar-refractivity contribution is 0.0846. The third-order valence-corrected chi connectivity index (χ3v) is 4.46. The molecule has 112 valence electrons. The monoisotopic (exact) mass is 326 g/mol. The van der Waals surface area contributed by atoms with Gasteiger partial charge in [-0.25, -0.2) is 4.39 Å². The molecule has 0 aromatic heterocycles. The zero-order valence-electron chi connectivity index (χ0n) is 11.6. The number of alkyl halides is 2. The van der Waals surface area contributed by atoms with Crippen molar-refractivity contribution in [2.75, 3.05) is 18.4 Å². The molecule has 4 heteroatoms. The minimum absolute atomic E-state index is 0.273. The molecular formula is C17H17Cl2FO. The van der Waals surface area contributed by atoms with E-state index in [9.17, 15) is 4.39 Å². The molecule has 0 amide bonds. The second-order valence-corrected chi connectivity index (χ2v) is 5.57. The summed E-state index contributed by atoms with van der Waals surface area (Å²) in [5.41, 5.74) is 1.26. The van der Waals surface area contributed by atoms with Crippen LogP contribution in [0.3, 0.4) is 0 Å². The van der Waals surface area contributed by atoms with Crippen LogP contribution in [0.4, 0.5) is 4.39 Å². The highest BCUT2D eigenvalue weighted by Crippen LogP contribution is 2.29. The van der Waals surface area contributed by atoms with E-state index in [2.05, 4.69) is 0 Å². The zero-order chi connectivity index (χ0) is 15.1. The van der Waals surface area contributed by atoms with Crippen LogP contribution in [0.15, 0.2) is 54.6 Å². The first-order valence-corrected chi connectivity index (χ1v) is 7.77. The highest BCUT2D eigenvalue weighted by molar-refractivity contribution is 6.22. The van der Waals surface area contributed by atoms with Crippen molar-refractivity contribution in [1.29, 1.82) is 0 Å². The van der Waals surface area contributed by atoms with Crippen molar-refractivity contribution in [2.45, 2.75) is 12.0 Å². The van der Waals surface area contributed by atoms with E-state index in [4.69, 9.17) is 27.9 Å². The quantitative estimate of drug-likeness (QED) is 0.666. The van der Waals surface area contributed by atoms with Gasteiger partial charge in [-0.1, -0.05) is 42.5 Å². The van der Waals surface area contributed by atoms with Crippen molar-refractivity contribution in [3.63, 3.8) is 0 Å². The Morgan fingerprint density at radius 3 is 2.29 bits per heavy atom. The fourth-order valence-corrected chi connectivity index (χ4v) is 2.86. The van der Waals surface area contributed by atoms with Crippen LogP contribution in [0.1, 0.15) is 11.1 Å². The van der Waals surface area contributed by atoms with Gasteiger partial charge < -0.3 is 4.74 Å². The van der Waals surface area contributed by atoms with E-state index in [1.165, 1.54) is 12.1 Å². The molecule has 0 aliphatic rings. The molecule has 0 saturated carbocycles. The number of ether oxygens (including phenoxy) is 1. The Labute approximate surface area is 134 Å². The molecule has 0 spiro atoms. The standard InChI is InChI=1S/C17H17Cl2FO/c18-11-17(12-19,15-7-4-8-16(20)9-15)13-21-10-14-5-2-1-3-6-14/h1-9H,10-13H2. The van der Waals surface area contributed by atoms with E-state index in [-0.39, 0.29) is 17.6 Å². The van der Waals surface area contributed by atoms with Crippen molar-refractivity contribution in [3.8, 4) is 0 Å². The van der Waals surface area contributed by atoms with Crippen LogP contribution in [0.25, 0.3) is 0 Å². The fourth-order valence-electron chi connectivity index (χ4n) is 2.11. The van der Waals surface area contributed by atoms with E-state index in [0.717, 1.165) is 11.1 Å². The molecule has 0 heterocycles. The Hall–Kier alpha value is -1.09. The van der Waals surface area contributed by atoms with Gasteiger partial charge in [-0.15, -0.1) is 23.2 Å². The van der Waals surface area contributed by atoms with E-state index >= 15 is 0 Å². The number of rotatable bonds is 7. The molecular weight excluding hydrogens is 310 g/mol. The molecule has 0 fully saturated rings. The largest absolute Gasteiger partial charge is 0.376 e. The van der Waals surface area contributed by atoms with E-state index < -0.39 is 5.41 Å². The number of benzene rings is 2. The second kappa shape index (κ2) is 7.79. The average molecular weight is 327 g/mol. The molecule has 0 aliphatic carbocycles. The summed E-state index contributed by atoms with van der Waals surface area (Å²) in [5, 5.41) is 0. The normalized spacial score (nSPS) is 11.6. The summed E-state index contributed by atoms with van der Waals surface area (Å²) in [6.07, 6.45) is 0. The summed E-state index contributed by atoms with van der Waals surface area (Å²) < 4.78 is 19.2. The van der Waals surface area contributed by atoms with E-state index in [1.54, 1.807) is 6.07 Å². The molecule has 0 atom stereocenters. The third kappa shape index (κ3) is 4.19. The van der Waals surface area contributed by atoms with Crippen molar-refractivity contribution in [3.05, 3.63) is 71.5 Å². The predicted molar refractivity (Wildman–Crippen MR) is 85.6 cm³/mol. The topological polar surface area (TPSA) is 9.23 Å². The highest BCUT2D eigenvalue weighted by Gasteiger charge is 2.31. The maximum absolute atomic E-state index is 13.4. The van der Waals surface area contributed by atoms with Gasteiger partial charge >= 0.3 is 0 Å². The lowest BCUT2D eigenvalue weighted by atomic mass is 9.85. The number of hydrogen-bond donors (Lipinski definition) is 0. The first-order chi connectivity index (χ1) is 10.2. The van der Waals surface area contributed by atoms with Crippen LogP contribution < -0.4 is 0 Å². The van der Waals surface area contributed by atoms with Gasteiger partial charge in [-0.05, 0) is 23.3 Å². The molecule has 1 nitrogen and oxygen atoms in total. The molecule has 0 saturated heterocycles. The van der Waals surface area contributed by atoms with Crippen molar-refractivity contribution >= 4 is 23.2 Å². The van der Waals surface area contributed by atoms with Crippen LogP contribution in [0.5, 0.6) is 0 Å². The van der Waals surface area contributed by atoms with Crippen LogP contribution >= 0.6 is 23.2 Å². The molecule has 2 aromatic carbocycles. The summed E-state index contributed by atoms with van der Waals surface area (Å²) >= 11 is 12.2. The second-order valence-electron chi connectivity index (χ2n) is 5.04. The molecule has 0 unspecified atom stereocenters. The average Bonchev–Trinajstić information content (AvgIpc) is 2.53. The summed E-state index contributed by atoms with van der Waals surface area (Å²) in [6.45, 7) is 0.823. The summed E-state index contributed by atoms with van der Waals surface area (Å²) in [5.74, 6) is 0.249. The molecule has 0 radical (unpaired) electrons. The molecule has 21 heavy (non-hydrogen) atoms. The lowest BCUT2D eigenvalue weighted by Gasteiger charge is -2.30. The maximum Gasteiger partial charge on any atom is 0.123 e. The Balaban J connectivity index is 2.08. The molecule has 0 N–H and O–H groups in total. The smallest absolute Gasteiger partial charge is 0.123 e. The fraction of sp³-hybridized carbons (Fsp3) is 0.294. The molecule has 2 rings (SSSR count). The van der Waals surface area contributed by atoms with Gasteiger partial charge in [0.1, 0.15) is 5.82 Å². The maximum atomic E-state index is 13.4. The third-order valence-electron chi connectivity index (χ3n) is 3.44. The molecule has 0 aliphatic heterocycles. The van der Waals surface area contributed by atoms with Crippen LogP contribution in [0.2, 0.25) is 0 Å². The Morgan fingerprint density at radius 1 is 0.952 bits per heavy atom. The summed E-state index contributed by atoms with van der Waals surface area (Å²) in [7, 11) is 0. The Bertz CT molecular complexity index is 556. The van der Waals surface area contributed by atoms with Crippen LogP contribution in [-0.2, 0) is 16.8 Å². The SMILES string of the molecule is Fc1cccc(C(CCl)(CCl)COCc2ccccc2)c1. The molecule has 2 aromatic rings. The highest BCUT2D eigenvalue weighted by atomic mass is 35.5. The van der Waals surface area contributed by atoms with Crippen molar-refractivity contribution < 1.29 is 9.13 Å². The van der Waals surface area contributed by atoms with Gasteiger partial charge in [0.25, 0.3) is 0 Å². The van der Waals surface area contributed by atoms with Crippen LogP contribution in [0, 0.1) is 5.82 Å². The molecule has 0 bridgehead atoms. The number of halogens is 3. The van der Waals surface area contributed by atoms with Crippen molar-refractivity contribution in [2.24, 2.45) is 0 Å². The van der Waals surface area contributed by atoms with Gasteiger partial charge in [-0.2, -0.15) is 0 Å². The minimum Gasteiger partial charge on any atom is -0.376 e. The van der Waals surface area contributed by atoms with E-state index in [0.29, 0.717) is 13.2 Å². The zero-order valence-corrected chi connectivity index (χ0v) is 13.1. The number of hydrogen-bond acceptors (Lipinski definition) is 1. The minimum atomic E-state index is -0.583. The van der Waals surface area contributed by atoms with Crippen LogP contribution in [-0.4, -0.2) is 18.4 Å². The van der Waals surface area contributed by atoms with Gasteiger partial charge in [0.05, 0.1) is 13.2 Å². The van der Waals surface area contributed by atoms with Gasteiger partial charge in [0.2, 0.25) is 0 Å². The first-order valence-electron chi connectivity index (χ1n) is 6.70.